The van der Waals surface area contributed by atoms with E-state index in [1.54, 1.807) is 0 Å². The van der Waals surface area contributed by atoms with Crippen LogP contribution in [0.4, 0.5) is 0 Å². The van der Waals surface area contributed by atoms with E-state index in [0.29, 0.717) is 13.1 Å². The number of rotatable bonds is 1. The summed E-state index contributed by atoms with van der Waals surface area (Å²) in [4.78, 5) is 22.6. The number of aliphatic hydroxyl groups excluding tert-OH is 1. The van der Waals surface area contributed by atoms with Gasteiger partial charge in [-0.2, -0.15) is 0 Å². The number of carbonyl (C=O) groups is 2. The zero-order chi connectivity index (χ0) is 9.84. The van der Waals surface area contributed by atoms with Crippen LogP contribution in [0.2, 0.25) is 0 Å². The van der Waals surface area contributed by atoms with Crippen molar-refractivity contribution in [1.29, 1.82) is 0 Å². The standard InChI is InChI=1S/C8H13NO4/c10-5-6-2-1-3-9(4-6)7(11)8(12)13/h6,10H,1-5H2,(H,12,13). The Hall–Kier alpha value is -1.10. The Morgan fingerprint density at radius 1 is 1.46 bits per heavy atom. The Morgan fingerprint density at radius 2 is 2.15 bits per heavy atom. The molecule has 1 fully saturated rings. The van der Waals surface area contributed by atoms with Crippen LogP contribution in [-0.4, -0.2) is 46.7 Å². The second-order valence-electron chi connectivity index (χ2n) is 3.25. The molecule has 5 nitrogen and oxygen atoms in total. The summed E-state index contributed by atoms with van der Waals surface area (Å²) in [5, 5.41) is 17.3. The number of carboxylic acids is 1. The Labute approximate surface area is 76.0 Å². The van der Waals surface area contributed by atoms with Crippen LogP contribution in [0.15, 0.2) is 0 Å². The van der Waals surface area contributed by atoms with Gasteiger partial charge < -0.3 is 15.1 Å². The molecule has 1 unspecified atom stereocenters. The first-order chi connectivity index (χ1) is 6.15. The number of likely N-dealkylation sites (tertiary alicyclic amines) is 1. The molecule has 1 saturated heterocycles. The van der Waals surface area contributed by atoms with E-state index in [-0.39, 0.29) is 12.5 Å². The van der Waals surface area contributed by atoms with E-state index in [1.807, 2.05) is 0 Å². The highest BCUT2D eigenvalue weighted by atomic mass is 16.4. The van der Waals surface area contributed by atoms with E-state index in [4.69, 9.17) is 10.2 Å². The predicted molar refractivity (Wildman–Crippen MR) is 44.0 cm³/mol. The monoisotopic (exact) mass is 187 g/mol. The Bertz CT molecular complexity index is 216. The van der Waals surface area contributed by atoms with Crippen molar-refractivity contribution in [2.75, 3.05) is 19.7 Å². The van der Waals surface area contributed by atoms with Gasteiger partial charge in [0.25, 0.3) is 0 Å². The van der Waals surface area contributed by atoms with Gasteiger partial charge in [-0.3, -0.25) is 4.79 Å². The van der Waals surface area contributed by atoms with Crippen molar-refractivity contribution in [1.82, 2.24) is 4.90 Å². The smallest absolute Gasteiger partial charge is 0.394 e. The second kappa shape index (κ2) is 4.23. The molecule has 5 heteroatoms. The molecule has 0 aromatic carbocycles. The molecular weight excluding hydrogens is 174 g/mol. The summed E-state index contributed by atoms with van der Waals surface area (Å²) in [6.45, 7) is 0.868. The number of piperidine rings is 1. The summed E-state index contributed by atoms with van der Waals surface area (Å²) in [6, 6.07) is 0. The molecule has 1 aliphatic heterocycles. The lowest BCUT2D eigenvalue weighted by Gasteiger charge is -2.30. The lowest BCUT2D eigenvalue weighted by atomic mass is 9.99. The van der Waals surface area contributed by atoms with Gasteiger partial charge in [0, 0.05) is 19.7 Å². The van der Waals surface area contributed by atoms with Crippen LogP contribution in [0, 0.1) is 5.92 Å². The van der Waals surface area contributed by atoms with Crippen LogP contribution < -0.4 is 0 Å². The maximum absolute atomic E-state index is 11.0. The number of hydrogen-bond donors (Lipinski definition) is 2. The number of aliphatic carboxylic acids is 1. The van der Waals surface area contributed by atoms with Gasteiger partial charge in [0.2, 0.25) is 0 Å². The molecule has 0 aliphatic carbocycles. The third-order valence-corrected chi connectivity index (χ3v) is 2.25. The van der Waals surface area contributed by atoms with Crippen molar-refractivity contribution >= 4 is 11.9 Å². The molecule has 1 aliphatic rings. The van der Waals surface area contributed by atoms with Crippen molar-refractivity contribution in [2.24, 2.45) is 5.92 Å². The first-order valence-corrected chi connectivity index (χ1v) is 4.28. The van der Waals surface area contributed by atoms with E-state index in [9.17, 15) is 9.59 Å². The third kappa shape index (κ3) is 2.42. The summed E-state index contributed by atoms with van der Waals surface area (Å²) < 4.78 is 0. The highest BCUT2D eigenvalue weighted by Crippen LogP contribution is 2.15. The lowest BCUT2D eigenvalue weighted by Crippen LogP contribution is -2.44. The molecule has 74 valence electrons. The zero-order valence-corrected chi connectivity index (χ0v) is 7.27. The van der Waals surface area contributed by atoms with Crippen LogP contribution in [-0.2, 0) is 9.59 Å². The fraction of sp³-hybridized carbons (Fsp3) is 0.750. The maximum Gasteiger partial charge on any atom is 0.394 e. The minimum absolute atomic E-state index is 0.0173. The van der Waals surface area contributed by atoms with Crippen molar-refractivity contribution in [3.05, 3.63) is 0 Å². The highest BCUT2D eigenvalue weighted by Gasteiger charge is 2.26. The number of carboxylic acid groups (broad SMARTS) is 1. The lowest BCUT2D eigenvalue weighted by molar-refractivity contribution is -0.157. The number of amides is 1. The van der Waals surface area contributed by atoms with Gasteiger partial charge in [-0.1, -0.05) is 0 Å². The van der Waals surface area contributed by atoms with E-state index in [0.717, 1.165) is 12.8 Å². The summed E-state index contributed by atoms with van der Waals surface area (Å²) >= 11 is 0. The molecule has 1 heterocycles. The van der Waals surface area contributed by atoms with Crippen molar-refractivity contribution in [3.63, 3.8) is 0 Å². The van der Waals surface area contributed by atoms with Crippen LogP contribution in [0.5, 0.6) is 0 Å². The fourth-order valence-electron chi connectivity index (χ4n) is 1.53. The fourth-order valence-corrected chi connectivity index (χ4v) is 1.53. The van der Waals surface area contributed by atoms with Gasteiger partial charge in [-0.15, -0.1) is 0 Å². The quantitative estimate of drug-likeness (QED) is 0.532. The summed E-state index contributed by atoms with van der Waals surface area (Å²) in [7, 11) is 0. The number of carbonyl (C=O) groups excluding carboxylic acids is 1. The zero-order valence-electron chi connectivity index (χ0n) is 7.27. The summed E-state index contributed by atoms with van der Waals surface area (Å²) in [5.74, 6) is -2.24. The summed E-state index contributed by atoms with van der Waals surface area (Å²) in [6.07, 6.45) is 1.63. The largest absolute Gasteiger partial charge is 0.474 e. The first kappa shape index (κ1) is 9.98. The topological polar surface area (TPSA) is 77.8 Å². The van der Waals surface area contributed by atoms with Gasteiger partial charge in [-0.25, -0.2) is 4.79 Å². The predicted octanol–water partition coefficient (Wildman–Crippen LogP) is -0.698. The minimum Gasteiger partial charge on any atom is -0.474 e. The summed E-state index contributed by atoms with van der Waals surface area (Å²) in [5.41, 5.74) is 0. The molecule has 0 saturated carbocycles. The van der Waals surface area contributed by atoms with Crippen molar-refractivity contribution in [2.45, 2.75) is 12.8 Å². The van der Waals surface area contributed by atoms with E-state index in [1.165, 1.54) is 4.90 Å². The second-order valence-corrected chi connectivity index (χ2v) is 3.25. The molecule has 1 amide bonds. The Morgan fingerprint density at radius 3 is 2.69 bits per heavy atom. The molecule has 0 aromatic heterocycles. The average molecular weight is 187 g/mol. The molecule has 1 atom stereocenters. The molecule has 13 heavy (non-hydrogen) atoms. The van der Waals surface area contributed by atoms with Gasteiger partial charge in [0.05, 0.1) is 0 Å². The Kier molecular flexibility index (Phi) is 3.25. The average Bonchev–Trinajstić information content (AvgIpc) is 2.16. The van der Waals surface area contributed by atoms with E-state index in [2.05, 4.69) is 0 Å². The molecular formula is C8H13NO4. The number of nitrogens with zero attached hydrogens (tertiary/aromatic N) is 1. The first-order valence-electron chi connectivity index (χ1n) is 4.28. The van der Waals surface area contributed by atoms with Gasteiger partial charge in [-0.05, 0) is 18.8 Å². The SMILES string of the molecule is O=C(O)C(=O)N1CCCC(CO)C1. The highest BCUT2D eigenvalue weighted by molar-refractivity contribution is 6.31. The number of hydrogen-bond acceptors (Lipinski definition) is 3. The minimum atomic E-state index is -1.42. The van der Waals surface area contributed by atoms with Crippen LogP contribution in [0.1, 0.15) is 12.8 Å². The molecule has 2 N–H and O–H groups in total. The van der Waals surface area contributed by atoms with Crippen LogP contribution in [0.3, 0.4) is 0 Å². The normalized spacial score (nSPS) is 22.8. The molecule has 0 spiro atoms. The Balaban J connectivity index is 2.51. The number of aliphatic hydroxyl groups is 1. The maximum atomic E-state index is 11.0. The van der Waals surface area contributed by atoms with Gasteiger partial charge >= 0.3 is 11.9 Å². The van der Waals surface area contributed by atoms with Gasteiger partial charge in [0.15, 0.2) is 0 Å². The van der Waals surface area contributed by atoms with Crippen molar-refractivity contribution < 1.29 is 19.8 Å². The van der Waals surface area contributed by atoms with Gasteiger partial charge in [0.1, 0.15) is 0 Å². The molecule has 0 radical (unpaired) electrons. The molecule has 0 aromatic rings. The van der Waals surface area contributed by atoms with Crippen molar-refractivity contribution in [3.8, 4) is 0 Å². The molecule has 1 rings (SSSR count). The molecule has 0 bridgehead atoms. The van der Waals surface area contributed by atoms with E-state index < -0.39 is 11.9 Å². The third-order valence-electron chi connectivity index (χ3n) is 2.25. The van der Waals surface area contributed by atoms with Crippen LogP contribution in [0.25, 0.3) is 0 Å². The van der Waals surface area contributed by atoms with Crippen LogP contribution >= 0.6 is 0 Å². The van der Waals surface area contributed by atoms with E-state index >= 15 is 0 Å².